The SMILES string of the molecule is CN(c1ccnc2c([N+](=O)[O-])cccc12)C1CCCNC1. The maximum Gasteiger partial charge on any atom is 0.295 e. The predicted molar refractivity (Wildman–Crippen MR) is 82.7 cm³/mol. The summed E-state index contributed by atoms with van der Waals surface area (Å²) in [6.07, 6.45) is 3.93. The van der Waals surface area contributed by atoms with Gasteiger partial charge in [-0.05, 0) is 25.5 Å². The predicted octanol–water partition coefficient (Wildman–Crippen LogP) is 2.33. The maximum absolute atomic E-state index is 11.1. The smallest absolute Gasteiger partial charge is 0.295 e. The lowest BCUT2D eigenvalue weighted by Crippen LogP contribution is -2.44. The molecule has 2 aromatic rings. The molecule has 1 aliphatic rings. The van der Waals surface area contributed by atoms with Crippen molar-refractivity contribution in [2.45, 2.75) is 18.9 Å². The Hall–Kier alpha value is -2.21. The number of piperidine rings is 1. The van der Waals surface area contributed by atoms with Gasteiger partial charge in [-0.3, -0.25) is 10.1 Å². The van der Waals surface area contributed by atoms with Crippen molar-refractivity contribution in [2.75, 3.05) is 25.0 Å². The minimum atomic E-state index is -0.374. The van der Waals surface area contributed by atoms with E-state index < -0.39 is 0 Å². The highest BCUT2D eigenvalue weighted by Gasteiger charge is 2.21. The Morgan fingerprint density at radius 1 is 1.43 bits per heavy atom. The number of non-ortho nitro benzene ring substituents is 1. The summed E-state index contributed by atoms with van der Waals surface area (Å²) >= 11 is 0. The number of hydrogen-bond acceptors (Lipinski definition) is 5. The Labute approximate surface area is 122 Å². The molecule has 2 heterocycles. The first-order valence-corrected chi connectivity index (χ1v) is 7.14. The van der Waals surface area contributed by atoms with Crippen molar-refractivity contribution in [1.82, 2.24) is 10.3 Å². The summed E-state index contributed by atoms with van der Waals surface area (Å²) in [6.45, 7) is 2.00. The van der Waals surface area contributed by atoms with Gasteiger partial charge in [0.25, 0.3) is 5.69 Å². The summed E-state index contributed by atoms with van der Waals surface area (Å²) < 4.78 is 0. The van der Waals surface area contributed by atoms with Gasteiger partial charge in [0.1, 0.15) is 5.52 Å². The standard InChI is InChI=1S/C15H18N4O2/c1-18(11-4-3-8-16-10-11)13-7-9-17-15-12(13)5-2-6-14(15)19(20)21/h2,5-7,9,11,16H,3-4,8,10H2,1H3. The first-order chi connectivity index (χ1) is 10.2. The molecule has 0 spiro atoms. The van der Waals surface area contributed by atoms with Gasteiger partial charge in [0, 0.05) is 43.0 Å². The number of nitro benzene ring substituents is 1. The van der Waals surface area contributed by atoms with E-state index in [1.807, 2.05) is 19.2 Å². The van der Waals surface area contributed by atoms with Crippen LogP contribution < -0.4 is 10.2 Å². The van der Waals surface area contributed by atoms with Gasteiger partial charge >= 0.3 is 0 Å². The summed E-state index contributed by atoms with van der Waals surface area (Å²) in [6, 6.07) is 7.46. The number of hydrogen-bond donors (Lipinski definition) is 1. The average molecular weight is 286 g/mol. The van der Waals surface area contributed by atoms with E-state index in [0.717, 1.165) is 37.0 Å². The van der Waals surface area contributed by atoms with Crippen molar-refractivity contribution >= 4 is 22.3 Å². The molecule has 0 saturated carbocycles. The third kappa shape index (κ3) is 2.54. The minimum absolute atomic E-state index is 0.0597. The Morgan fingerprint density at radius 3 is 3.00 bits per heavy atom. The number of likely N-dealkylation sites (N-methyl/N-ethyl adjacent to an activating group) is 1. The minimum Gasteiger partial charge on any atom is -0.370 e. The number of nitrogens with zero attached hydrogens (tertiary/aromatic N) is 3. The fourth-order valence-corrected chi connectivity index (χ4v) is 2.96. The highest BCUT2D eigenvalue weighted by molar-refractivity contribution is 5.96. The van der Waals surface area contributed by atoms with E-state index in [-0.39, 0.29) is 10.6 Å². The summed E-state index contributed by atoms with van der Waals surface area (Å²) in [5.41, 5.74) is 1.51. The van der Waals surface area contributed by atoms with Gasteiger partial charge in [0.2, 0.25) is 0 Å². The number of para-hydroxylation sites is 1. The number of aromatic nitrogens is 1. The van der Waals surface area contributed by atoms with E-state index >= 15 is 0 Å². The summed E-state index contributed by atoms with van der Waals surface area (Å²) in [5, 5.41) is 15.4. The molecule has 1 fully saturated rings. The molecule has 1 aromatic carbocycles. The molecule has 1 saturated heterocycles. The van der Waals surface area contributed by atoms with E-state index in [1.54, 1.807) is 12.3 Å². The topological polar surface area (TPSA) is 71.3 Å². The zero-order valence-corrected chi connectivity index (χ0v) is 12.0. The van der Waals surface area contributed by atoms with Crippen LogP contribution in [-0.4, -0.2) is 36.1 Å². The van der Waals surface area contributed by atoms with E-state index in [0.29, 0.717) is 11.6 Å². The first-order valence-electron chi connectivity index (χ1n) is 7.14. The molecule has 1 aliphatic heterocycles. The van der Waals surface area contributed by atoms with Crippen LogP contribution in [0.1, 0.15) is 12.8 Å². The molecule has 0 aliphatic carbocycles. The van der Waals surface area contributed by atoms with Crippen molar-refractivity contribution in [2.24, 2.45) is 0 Å². The van der Waals surface area contributed by atoms with Crippen LogP contribution in [0.5, 0.6) is 0 Å². The summed E-state index contributed by atoms with van der Waals surface area (Å²) in [5.74, 6) is 0. The monoisotopic (exact) mass is 286 g/mol. The van der Waals surface area contributed by atoms with Crippen LogP contribution in [0, 0.1) is 10.1 Å². The van der Waals surface area contributed by atoms with Gasteiger partial charge in [-0.1, -0.05) is 12.1 Å². The molecule has 1 aromatic heterocycles. The molecule has 110 valence electrons. The van der Waals surface area contributed by atoms with Crippen molar-refractivity contribution in [3.63, 3.8) is 0 Å². The third-order valence-corrected chi connectivity index (χ3v) is 4.12. The second-order valence-corrected chi connectivity index (χ2v) is 5.37. The van der Waals surface area contributed by atoms with Gasteiger partial charge < -0.3 is 10.2 Å². The van der Waals surface area contributed by atoms with Crippen molar-refractivity contribution in [3.8, 4) is 0 Å². The molecule has 1 atom stereocenters. The van der Waals surface area contributed by atoms with Gasteiger partial charge in [-0.2, -0.15) is 0 Å². The molecule has 6 heteroatoms. The molecule has 0 amide bonds. The highest BCUT2D eigenvalue weighted by Crippen LogP contribution is 2.31. The Kier molecular flexibility index (Phi) is 3.70. The lowest BCUT2D eigenvalue weighted by Gasteiger charge is -2.33. The lowest BCUT2D eigenvalue weighted by molar-refractivity contribution is -0.383. The second-order valence-electron chi connectivity index (χ2n) is 5.37. The van der Waals surface area contributed by atoms with E-state index in [4.69, 9.17) is 0 Å². The number of nitro groups is 1. The summed E-state index contributed by atoms with van der Waals surface area (Å²) in [4.78, 5) is 17.2. The fraction of sp³-hybridized carbons (Fsp3) is 0.400. The number of anilines is 1. The molecular weight excluding hydrogens is 268 g/mol. The van der Waals surface area contributed by atoms with Crippen LogP contribution in [0.25, 0.3) is 10.9 Å². The van der Waals surface area contributed by atoms with Crippen LogP contribution in [0.3, 0.4) is 0 Å². The summed E-state index contributed by atoms with van der Waals surface area (Å²) in [7, 11) is 2.05. The number of rotatable bonds is 3. The number of nitrogens with one attached hydrogen (secondary N) is 1. The molecule has 21 heavy (non-hydrogen) atoms. The van der Waals surface area contributed by atoms with Crippen LogP contribution in [0.2, 0.25) is 0 Å². The van der Waals surface area contributed by atoms with Crippen LogP contribution >= 0.6 is 0 Å². The first kappa shape index (κ1) is 13.8. The third-order valence-electron chi connectivity index (χ3n) is 4.12. The van der Waals surface area contributed by atoms with Crippen molar-refractivity contribution in [3.05, 3.63) is 40.6 Å². The van der Waals surface area contributed by atoms with Crippen LogP contribution in [0.15, 0.2) is 30.5 Å². The highest BCUT2D eigenvalue weighted by atomic mass is 16.6. The lowest BCUT2D eigenvalue weighted by atomic mass is 10.0. The van der Waals surface area contributed by atoms with Gasteiger partial charge in [-0.15, -0.1) is 0 Å². The Balaban J connectivity index is 2.06. The second kappa shape index (κ2) is 5.65. The molecule has 1 unspecified atom stereocenters. The molecule has 3 rings (SSSR count). The maximum atomic E-state index is 11.1. The van der Waals surface area contributed by atoms with Crippen molar-refractivity contribution in [1.29, 1.82) is 0 Å². The van der Waals surface area contributed by atoms with Gasteiger partial charge in [0.15, 0.2) is 0 Å². The van der Waals surface area contributed by atoms with E-state index in [9.17, 15) is 10.1 Å². The molecule has 6 nitrogen and oxygen atoms in total. The largest absolute Gasteiger partial charge is 0.370 e. The molecule has 1 N–H and O–H groups in total. The zero-order chi connectivity index (χ0) is 14.8. The van der Waals surface area contributed by atoms with E-state index in [1.165, 1.54) is 6.07 Å². The molecule has 0 radical (unpaired) electrons. The molecular formula is C15H18N4O2. The van der Waals surface area contributed by atoms with Crippen molar-refractivity contribution < 1.29 is 4.92 Å². The van der Waals surface area contributed by atoms with E-state index in [2.05, 4.69) is 15.2 Å². The molecule has 0 bridgehead atoms. The van der Waals surface area contributed by atoms with Gasteiger partial charge in [0.05, 0.1) is 4.92 Å². The fourth-order valence-electron chi connectivity index (χ4n) is 2.96. The normalized spacial score (nSPS) is 18.6. The Morgan fingerprint density at radius 2 is 2.29 bits per heavy atom. The zero-order valence-electron chi connectivity index (χ0n) is 12.0. The van der Waals surface area contributed by atoms with Crippen LogP contribution in [-0.2, 0) is 0 Å². The quantitative estimate of drug-likeness (QED) is 0.692. The Bertz CT molecular complexity index is 668. The average Bonchev–Trinajstić information content (AvgIpc) is 2.53. The van der Waals surface area contributed by atoms with Gasteiger partial charge in [-0.25, -0.2) is 4.98 Å². The van der Waals surface area contributed by atoms with Crippen LogP contribution in [0.4, 0.5) is 11.4 Å². The number of fused-ring (bicyclic) bond motifs is 1. The number of pyridine rings is 1. The number of benzene rings is 1.